The molecule has 0 radical (unpaired) electrons. The lowest BCUT2D eigenvalue weighted by molar-refractivity contribution is -0.119. The third-order valence-corrected chi connectivity index (χ3v) is 4.89. The van der Waals surface area contributed by atoms with Gasteiger partial charge in [-0.3, -0.25) is 14.2 Å². The van der Waals surface area contributed by atoms with Crippen molar-refractivity contribution in [3.8, 4) is 0 Å². The summed E-state index contributed by atoms with van der Waals surface area (Å²) in [5.74, 6) is 0.171. The van der Waals surface area contributed by atoms with Crippen molar-refractivity contribution in [2.45, 2.75) is 51.4 Å². The van der Waals surface area contributed by atoms with Gasteiger partial charge in [0.25, 0.3) is 5.56 Å². The summed E-state index contributed by atoms with van der Waals surface area (Å²) in [7, 11) is 0. The van der Waals surface area contributed by atoms with Gasteiger partial charge in [0.2, 0.25) is 5.91 Å². The summed E-state index contributed by atoms with van der Waals surface area (Å²) in [5.41, 5.74) is 0.466. The van der Waals surface area contributed by atoms with Crippen molar-refractivity contribution < 1.29 is 4.79 Å². The fraction of sp³-hybridized carbons (Fsp3) is 0.471. The first-order valence-electron chi connectivity index (χ1n) is 8.08. The third-order valence-electron chi connectivity index (χ3n) is 3.68. The molecule has 1 N–H and O–H groups in total. The Morgan fingerprint density at radius 1 is 1.42 bits per heavy atom. The first-order valence-corrected chi connectivity index (χ1v) is 9.44. The minimum atomic E-state index is -0.0941. The maximum absolute atomic E-state index is 12.7. The second-order valence-corrected chi connectivity index (χ2v) is 7.06. The first-order chi connectivity index (χ1) is 11.5. The van der Waals surface area contributed by atoms with Crippen LogP contribution in [0.3, 0.4) is 0 Å². The zero-order valence-electron chi connectivity index (χ0n) is 14.1. The van der Waals surface area contributed by atoms with E-state index in [9.17, 15) is 9.59 Å². The zero-order chi connectivity index (χ0) is 17.7. The van der Waals surface area contributed by atoms with Crippen LogP contribution in [-0.2, 0) is 11.3 Å². The van der Waals surface area contributed by atoms with Crippen LogP contribution in [0, 0.1) is 0 Å². The number of nitrogens with zero attached hydrogens (tertiary/aromatic N) is 2. The number of carbonyl (C=O) groups is 1. The molecular weight excluding hydrogens is 346 g/mol. The Labute approximate surface area is 150 Å². The number of benzene rings is 1. The molecule has 2 aromatic rings. The predicted octanol–water partition coefficient (Wildman–Crippen LogP) is 3.47. The van der Waals surface area contributed by atoms with E-state index >= 15 is 0 Å². The second kappa shape index (κ2) is 8.53. The molecule has 1 aromatic carbocycles. The largest absolute Gasteiger partial charge is 0.353 e. The van der Waals surface area contributed by atoms with E-state index in [0.29, 0.717) is 27.6 Å². The van der Waals surface area contributed by atoms with E-state index in [2.05, 4.69) is 10.3 Å². The van der Waals surface area contributed by atoms with Gasteiger partial charge in [-0.15, -0.1) is 0 Å². The number of hydrogen-bond acceptors (Lipinski definition) is 4. The highest BCUT2D eigenvalue weighted by molar-refractivity contribution is 7.99. The van der Waals surface area contributed by atoms with E-state index in [1.807, 2.05) is 20.8 Å². The number of rotatable bonds is 7. The molecule has 1 atom stereocenters. The molecular formula is C17H22ClN3O2S. The van der Waals surface area contributed by atoms with Crippen LogP contribution in [-0.4, -0.2) is 27.3 Å². The molecule has 5 nitrogen and oxygen atoms in total. The molecule has 1 aromatic heterocycles. The number of aromatic nitrogens is 2. The van der Waals surface area contributed by atoms with Gasteiger partial charge in [-0.05, 0) is 38.0 Å². The summed E-state index contributed by atoms with van der Waals surface area (Å²) < 4.78 is 1.64. The average Bonchev–Trinajstić information content (AvgIpc) is 2.55. The molecule has 0 unspecified atom stereocenters. The highest BCUT2D eigenvalue weighted by atomic mass is 35.5. The van der Waals surface area contributed by atoms with Crippen molar-refractivity contribution in [2.75, 3.05) is 5.75 Å². The van der Waals surface area contributed by atoms with E-state index in [-0.39, 0.29) is 23.3 Å². The van der Waals surface area contributed by atoms with Crippen LogP contribution >= 0.6 is 23.4 Å². The van der Waals surface area contributed by atoms with Crippen molar-refractivity contribution in [1.29, 1.82) is 0 Å². The standard InChI is InChI=1S/C17H22ClN3O2S/c1-4-8-21-16(23)13-7-6-12(18)9-14(13)20-17(21)24-10-15(22)19-11(3)5-2/h6-7,9,11H,4-5,8,10H2,1-3H3,(H,19,22)/t11-/m0/s1. The van der Waals surface area contributed by atoms with Gasteiger partial charge in [-0.25, -0.2) is 4.98 Å². The Morgan fingerprint density at radius 2 is 2.17 bits per heavy atom. The van der Waals surface area contributed by atoms with Crippen molar-refractivity contribution in [1.82, 2.24) is 14.9 Å². The maximum Gasteiger partial charge on any atom is 0.262 e. The number of hydrogen-bond donors (Lipinski definition) is 1. The highest BCUT2D eigenvalue weighted by Crippen LogP contribution is 2.20. The summed E-state index contributed by atoms with van der Waals surface area (Å²) in [6.45, 7) is 6.56. The lowest BCUT2D eigenvalue weighted by Crippen LogP contribution is -2.33. The fourth-order valence-electron chi connectivity index (χ4n) is 2.25. The van der Waals surface area contributed by atoms with Gasteiger partial charge < -0.3 is 5.32 Å². The van der Waals surface area contributed by atoms with Gasteiger partial charge in [0.1, 0.15) is 0 Å². The van der Waals surface area contributed by atoms with E-state index in [4.69, 9.17) is 11.6 Å². The first kappa shape index (κ1) is 18.8. The third kappa shape index (κ3) is 4.51. The molecule has 0 saturated heterocycles. The van der Waals surface area contributed by atoms with Crippen molar-refractivity contribution >= 4 is 40.2 Å². The molecule has 1 heterocycles. The van der Waals surface area contributed by atoms with Gasteiger partial charge in [0, 0.05) is 17.6 Å². The second-order valence-electron chi connectivity index (χ2n) is 5.68. The van der Waals surface area contributed by atoms with Crippen LogP contribution < -0.4 is 10.9 Å². The summed E-state index contributed by atoms with van der Waals surface area (Å²) in [4.78, 5) is 29.2. The molecule has 0 aliphatic rings. The van der Waals surface area contributed by atoms with Gasteiger partial charge >= 0.3 is 0 Å². The molecule has 0 fully saturated rings. The van der Waals surface area contributed by atoms with Crippen LogP contribution in [0.4, 0.5) is 0 Å². The predicted molar refractivity (Wildman–Crippen MR) is 99.9 cm³/mol. The molecule has 1 amide bonds. The van der Waals surface area contributed by atoms with Crippen molar-refractivity contribution in [2.24, 2.45) is 0 Å². The molecule has 0 bridgehead atoms. The number of amides is 1. The summed E-state index contributed by atoms with van der Waals surface area (Å²) in [6.07, 6.45) is 1.69. The lowest BCUT2D eigenvalue weighted by Gasteiger charge is -2.14. The number of carbonyl (C=O) groups excluding carboxylic acids is 1. The van der Waals surface area contributed by atoms with Crippen LogP contribution in [0.5, 0.6) is 0 Å². The number of thioether (sulfide) groups is 1. The lowest BCUT2D eigenvalue weighted by atomic mass is 10.2. The molecule has 0 aliphatic carbocycles. The van der Waals surface area contributed by atoms with E-state index in [0.717, 1.165) is 12.8 Å². The Morgan fingerprint density at radius 3 is 2.83 bits per heavy atom. The van der Waals surface area contributed by atoms with Crippen molar-refractivity contribution in [3.63, 3.8) is 0 Å². The SMILES string of the molecule is CCCn1c(SCC(=O)N[C@@H](C)CC)nc2cc(Cl)ccc2c1=O. The molecule has 2 rings (SSSR count). The Hall–Kier alpha value is -1.53. The topological polar surface area (TPSA) is 64.0 Å². The van der Waals surface area contributed by atoms with Gasteiger partial charge in [-0.2, -0.15) is 0 Å². The van der Waals surface area contributed by atoms with Gasteiger partial charge in [-0.1, -0.05) is 37.2 Å². The van der Waals surface area contributed by atoms with Gasteiger partial charge in [0.15, 0.2) is 5.16 Å². The summed E-state index contributed by atoms with van der Waals surface area (Å²) in [5, 5.41) is 4.55. The highest BCUT2D eigenvalue weighted by Gasteiger charge is 2.14. The Bertz CT molecular complexity index is 791. The molecule has 0 aliphatic heterocycles. The maximum atomic E-state index is 12.7. The molecule has 130 valence electrons. The molecule has 24 heavy (non-hydrogen) atoms. The number of halogens is 1. The van der Waals surface area contributed by atoms with Crippen molar-refractivity contribution in [3.05, 3.63) is 33.6 Å². The zero-order valence-corrected chi connectivity index (χ0v) is 15.7. The minimum absolute atomic E-state index is 0.0576. The summed E-state index contributed by atoms with van der Waals surface area (Å²) in [6, 6.07) is 5.20. The summed E-state index contributed by atoms with van der Waals surface area (Å²) >= 11 is 7.28. The van der Waals surface area contributed by atoms with Crippen LogP contribution in [0.1, 0.15) is 33.6 Å². The monoisotopic (exact) mass is 367 g/mol. The van der Waals surface area contributed by atoms with E-state index < -0.39 is 0 Å². The van der Waals surface area contributed by atoms with Crippen LogP contribution in [0.15, 0.2) is 28.2 Å². The number of nitrogens with one attached hydrogen (secondary N) is 1. The Balaban J connectivity index is 2.32. The quantitative estimate of drug-likeness (QED) is 0.601. The normalized spacial score (nSPS) is 12.3. The molecule has 7 heteroatoms. The Kier molecular flexibility index (Phi) is 6.69. The van der Waals surface area contributed by atoms with E-state index in [1.165, 1.54) is 11.8 Å². The number of fused-ring (bicyclic) bond motifs is 1. The van der Waals surface area contributed by atoms with Crippen LogP contribution in [0.2, 0.25) is 5.02 Å². The fourth-order valence-corrected chi connectivity index (χ4v) is 3.26. The smallest absolute Gasteiger partial charge is 0.262 e. The van der Waals surface area contributed by atoms with Crippen LogP contribution in [0.25, 0.3) is 10.9 Å². The average molecular weight is 368 g/mol. The van der Waals surface area contributed by atoms with E-state index in [1.54, 1.807) is 22.8 Å². The molecule has 0 saturated carbocycles. The molecule has 0 spiro atoms. The minimum Gasteiger partial charge on any atom is -0.353 e. The van der Waals surface area contributed by atoms with Gasteiger partial charge in [0.05, 0.1) is 16.7 Å².